The minimum atomic E-state index is -0.683. The number of hydrogen-bond donors (Lipinski definition) is 2. The summed E-state index contributed by atoms with van der Waals surface area (Å²) >= 11 is 0. The third-order valence-corrected chi connectivity index (χ3v) is 3.42. The number of carbonyl (C=O) groups is 1. The van der Waals surface area contributed by atoms with E-state index in [9.17, 15) is 4.79 Å². The van der Waals surface area contributed by atoms with Crippen LogP contribution in [-0.2, 0) is 4.79 Å². The minimum Gasteiger partial charge on any atom is -0.323 e. The van der Waals surface area contributed by atoms with E-state index in [4.69, 9.17) is 5.73 Å². The number of anilines is 1. The zero-order valence-corrected chi connectivity index (χ0v) is 10.4. The van der Waals surface area contributed by atoms with Crippen LogP contribution in [0, 0.1) is 13.8 Å². The number of aromatic nitrogens is 1. The summed E-state index contributed by atoms with van der Waals surface area (Å²) in [6, 6.07) is 3.77. The number of aryl methyl sites for hydroxylation is 2. The highest BCUT2D eigenvalue weighted by Crippen LogP contribution is 2.28. The van der Waals surface area contributed by atoms with Gasteiger partial charge in [0.25, 0.3) is 0 Å². The monoisotopic (exact) mass is 233 g/mol. The van der Waals surface area contributed by atoms with Crippen molar-refractivity contribution in [3.8, 4) is 0 Å². The number of nitrogens with zero attached hydrogens (tertiary/aromatic N) is 1. The van der Waals surface area contributed by atoms with E-state index < -0.39 is 5.54 Å². The molecule has 2 rings (SSSR count). The summed E-state index contributed by atoms with van der Waals surface area (Å²) in [5.41, 5.74) is 7.96. The van der Waals surface area contributed by atoms with Crippen LogP contribution in [-0.4, -0.2) is 16.4 Å². The molecule has 0 atom stereocenters. The fourth-order valence-corrected chi connectivity index (χ4v) is 2.30. The number of amides is 1. The van der Waals surface area contributed by atoms with Crippen molar-refractivity contribution < 1.29 is 4.79 Å². The second-order valence-corrected chi connectivity index (χ2v) is 4.90. The fraction of sp³-hybridized carbons (Fsp3) is 0.538. The van der Waals surface area contributed by atoms with Crippen molar-refractivity contribution in [1.82, 2.24) is 4.98 Å². The normalized spacial score (nSPS) is 18.1. The summed E-state index contributed by atoms with van der Waals surface area (Å²) in [5.74, 6) is -0.0799. The molecule has 1 heterocycles. The summed E-state index contributed by atoms with van der Waals surface area (Å²) in [4.78, 5) is 16.4. The minimum absolute atomic E-state index is 0.0799. The number of hydrogen-bond acceptors (Lipinski definition) is 3. The summed E-state index contributed by atoms with van der Waals surface area (Å²) in [7, 11) is 0. The van der Waals surface area contributed by atoms with E-state index in [1.54, 1.807) is 0 Å². The lowest BCUT2D eigenvalue weighted by Gasteiger charge is -2.22. The maximum atomic E-state index is 12.1. The first-order valence-electron chi connectivity index (χ1n) is 6.06. The van der Waals surface area contributed by atoms with Gasteiger partial charge in [0.1, 0.15) is 0 Å². The molecule has 0 unspecified atom stereocenters. The molecular formula is C13H19N3O. The Labute approximate surface area is 102 Å². The van der Waals surface area contributed by atoms with Gasteiger partial charge < -0.3 is 11.1 Å². The Balaban J connectivity index is 2.13. The number of pyridine rings is 1. The molecule has 17 heavy (non-hydrogen) atoms. The standard InChI is InChI=1S/C13H19N3O/c1-9-5-6-11(10(2)15-9)16-12(17)13(14)7-3-4-8-13/h5-6H,3-4,7-8,14H2,1-2H3,(H,16,17). The highest BCUT2D eigenvalue weighted by atomic mass is 16.2. The van der Waals surface area contributed by atoms with Crippen LogP contribution < -0.4 is 11.1 Å². The molecule has 0 aliphatic heterocycles. The predicted octanol–water partition coefficient (Wildman–Crippen LogP) is 1.91. The van der Waals surface area contributed by atoms with Crippen molar-refractivity contribution in [3.63, 3.8) is 0 Å². The molecule has 4 heteroatoms. The van der Waals surface area contributed by atoms with Gasteiger partial charge >= 0.3 is 0 Å². The van der Waals surface area contributed by atoms with Crippen LogP contribution >= 0.6 is 0 Å². The molecular weight excluding hydrogens is 214 g/mol. The van der Waals surface area contributed by atoms with Crippen LogP contribution in [0.15, 0.2) is 12.1 Å². The molecule has 0 spiro atoms. The molecule has 1 aliphatic carbocycles. The number of nitrogens with two attached hydrogens (primary N) is 1. The molecule has 1 saturated carbocycles. The summed E-state index contributed by atoms with van der Waals surface area (Å²) in [6.07, 6.45) is 3.62. The zero-order chi connectivity index (χ0) is 12.5. The lowest BCUT2D eigenvalue weighted by atomic mass is 9.98. The van der Waals surface area contributed by atoms with E-state index in [-0.39, 0.29) is 5.91 Å². The van der Waals surface area contributed by atoms with Gasteiger partial charge in [0.05, 0.1) is 16.9 Å². The highest BCUT2D eigenvalue weighted by molar-refractivity contribution is 5.98. The van der Waals surface area contributed by atoms with Crippen molar-refractivity contribution in [2.75, 3.05) is 5.32 Å². The molecule has 1 aromatic heterocycles. The molecule has 1 aromatic rings. The van der Waals surface area contributed by atoms with Crippen molar-refractivity contribution in [1.29, 1.82) is 0 Å². The van der Waals surface area contributed by atoms with E-state index in [1.807, 2.05) is 26.0 Å². The lowest BCUT2D eigenvalue weighted by molar-refractivity contribution is -0.121. The van der Waals surface area contributed by atoms with Gasteiger partial charge in [0, 0.05) is 5.69 Å². The Morgan fingerprint density at radius 3 is 2.59 bits per heavy atom. The number of rotatable bonds is 2. The average Bonchev–Trinajstić information content (AvgIpc) is 2.71. The van der Waals surface area contributed by atoms with E-state index in [0.717, 1.165) is 42.8 Å². The van der Waals surface area contributed by atoms with Crippen LogP contribution in [0.1, 0.15) is 37.1 Å². The first kappa shape index (κ1) is 12.0. The van der Waals surface area contributed by atoms with Crippen LogP contribution in [0.5, 0.6) is 0 Å². The molecule has 1 aliphatic rings. The Bertz CT molecular complexity index is 436. The van der Waals surface area contributed by atoms with Gasteiger partial charge in [-0.2, -0.15) is 0 Å². The highest BCUT2D eigenvalue weighted by Gasteiger charge is 2.37. The average molecular weight is 233 g/mol. The Morgan fingerprint density at radius 1 is 1.35 bits per heavy atom. The van der Waals surface area contributed by atoms with E-state index >= 15 is 0 Å². The molecule has 0 aromatic carbocycles. The zero-order valence-electron chi connectivity index (χ0n) is 10.4. The third-order valence-electron chi connectivity index (χ3n) is 3.42. The van der Waals surface area contributed by atoms with E-state index in [2.05, 4.69) is 10.3 Å². The predicted molar refractivity (Wildman–Crippen MR) is 67.7 cm³/mol. The SMILES string of the molecule is Cc1ccc(NC(=O)C2(N)CCCC2)c(C)n1. The molecule has 3 N–H and O–H groups in total. The molecule has 92 valence electrons. The molecule has 0 saturated heterocycles. The summed E-state index contributed by atoms with van der Waals surface area (Å²) < 4.78 is 0. The van der Waals surface area contributed by atoms with Gasteiger partial charge in [0.15, 0.2) is 0 Å². The number of carbonyl (C=O) groups excluding carboxylic acids is 1. The number of nitrogens with one attached hydrogen (secondary N) is 1. The van der Waals surface area contributed by atoms with Crippen LogP contribution in [0.4, 0.5) is 5.69 Å². The molecule has 0 radical (unpaired) electrons. The van der Waals surface area contributed by atoms with Crippen molar-refractivity contribution >= 4 is 11.6 Å². The first-order valence-corrected chi connectivity index (χ1v) is 6.06. The summed E-state index contributed by atoms with van der Waals surface area (Å²) in [5, 5.41) is 2.89. The van der Waals surface area contributed by atoms with Crippen molar-refractivity contribution in [2.45, 2.75) is 45.1 Å². The summed E-state index contributed by atoms with van der Waals surface area (Å²) in [6.45, 7) is 3.82. The smallest absolute Gasteiger partial charge is 0.244 e. The van der Waals surface area contributed by atoms with E-state index in [0.29, 0.717) is 0 Å². The van der Waals surface area contributed by atoms with E-state index in [1.165, 1.54) is 0 Å². The molecule has 1 fully saturated rings. The molecule has 1 amide bonds. The van der Waals surface area contributed by atoms with Gasteiger partial charge in [-0.15, -0.1) is 0 Å². The van der Waals surface area contributed by atoms with Gasteiger partial charge in [-0.05, 0) is 38.8 Å². The van der Waals surface area contributed by atoms with Crippen molar-refractivity contribution in [3.05, 3.63) is 23.5 Å². The Kier molecular flexibility index (Phi) is 3.15. The van der Waals surface area contributed by atoms with Gasteiger partial charge in [-0.25, -0.2) is 0 Å². The Hall–Kier alpha value is -1.42. The van der Waals surface area contributed by atoms with Crippen LogP contribution in [0.2, 0.25) is 0 Å². The van der Waals surface area contributed by atoms with Gasteiger partial charge in [-0.3, -0.25) is 9.78 Å². The van der Waals surface area contributed by atoms with Crippen LogP contribution in [0.25, 0.3) is 0 Å². The van der Waals surface area contributed by atoms with Gasteiger partial charge in [-0.1, -0.05) is 12.8 Å². The second kappa shape index (κ2) is 4.45. The third kappa shape index (κ3) is 2.47. The lowest BCUT2D eigenvalue weighted by Crippen LogP contribution is -2.48. The maximum absolute atomic E-state index is 12.1. The quantitative estimate of drug-likeness (QED) is 0.820. The fourth-order valence-electron chi connectivity index (χ4n) is 2.30. The van der Waals surface area contributed by atoms with Crippen molar-refractivity contribution in [2.24, 2.45) is 5.73 Å². The molecule has 0 bridgehead atoms. The topological polar surface area (TPSA) is 68.0 Å². The largest absolute Gasteiger partial charge is 0.323 e. The molecule has 4 nitrogen and oxygen atoms in total. The second-order valence-electron chi connectivity index (χ2n) is 4.90. The maximum Gasteiger partial charge on any atom is 0.244 e. The van der Waals surface area contributed by atoms with Gasteiger partial charge in [0.2, 0.25) is 5.91 Å². The van der Waals surface area contributed by atoms with Crippen LogP contribution in [0.3, 0.4) is 0 Å². The Morgan fingerprint density at radius 2 is 2.00 bits per heavy atom. The first-order chi connectivity index (χ1) is 8.01.